The van der Waals surface area contributed by atoms with Crippen LogP contribution < -0.4 is 5.32 Å². The second-order valence-corrected chi connectivity index (χ2v) is 6.81. The summed E-state index contributed by atoms with van der Waals surface area (Å²) in [6.07, 6.45) is 1.21. The van der Waals surface area contributed by atoms with E-state index in [-0.39, 0.29) is 18.1 Å². The van der Waals surface area contributed by atoms with E-state index >= 15 is 0 Å². The number of methoxy groups -OCH3 is 1. The molecule has 126 valence electrons. The van der Waals surface area contributed by atoms with E-state index < -0.39 is 28.9 Å². The first-order chi connectivity index (χ1) is 11.1. The summed E-state index contributed by atoms with van der Waals surface area (Å²) in [7, 11) is 0.0360. The van der Waals surface area contributed by atoms with Crippen molar-refractivity contribution in [1.29, 1.82) is 0 Å². The quantitative estimate of drug-likeness (QED) is 0.750. The number of nitrogens with one attached hydrogen (secondary N) is 1. The van der Waals surface area contributed by atoms with E-state index in [2.05, 4.69) is 5.32 Å². The van der Waals surface area contributed by atoms with Gasteiger partial charge in [0.2, 0.25) is 5.91 Å². The predicted molar refractivity (Wildman–Crippen MR) is 85.3 cm³/mol. The molecule has 0 aromatic heterocycles. The Morgan fingerprint density at radius 3 is 2.74 bits per heavy atom. The molecule has 1 heterocycles. The highest BCUT2D eigenvalue weighted by atomic mass is 32.2. The van der Waals surface area contributed by atoms with Gasteiger partial charge in [-0.05, 0) is 31.4 Å². The van der Waals surface area contributed by atoms with Gasteiger partial charge in [0, 0.05) is 17.3 Å². The highest BCUT2D eigenvalue weighted by Crippen LogP contribution is 2.13. The van der Waals surface area contributed by atoms with Crippen LogP contribution in [0.15, 0.2) is 35.2 Å². The molecule has 1 aliphatic heterocycles. The van der Waals surface area contributed by atoms with Gasteiger partial charge >= 0.3 is 5.97 Å². The summed E-state index contributed by atoms with van der Waals surface area (Å²) in [5.74, 6) is -0.597. The van der Waals surface area contributed by atoms with Crippen LogP contribution in [0.5, 0.6) is 0 Å². The number of amides is 1. The lowest BCUT2D eigenvalue weighted by Gasteiger charge is -2.18. The van der Waals surface area contributed by atoms with Crippen molar-refractivity contribution in [3.63, 3.8) is 0 Å². The normalized spacial score (nSPS) is 19.8. The van der Waals surface area contributed by atoms with Crippen LogP contribution in [0.3, 0.4) is 0 Å². The number of ether oxygens (including phenoxy) is 2. The number of hydrogen-bond donors (Lipinski definition) is 1. The lowest BCUT2D eigenvalue weighted by molar-refractivity contribution is -0.146. The van der Waals surface area contributed by atoms with E-state index in [0.29, 0.717) is 17.9 Å². The lowest BCUT2D eigenvalue weighted by Crippen LogP contribution is -2.46. The standard InChI is InChI=1S/C16H21NO5S/c1-21-16(19)13(17-15(18)14-8-5-10-22-14)9-11-23(20)12-6-3-2-4-7-12/h2-4,6-7,13-14H,5,8-11H2,1H3,(H,17,18)/t13-,14+,23+/m0/s1. The van der Waals surface area contributed by atoms with E-state index in [1.54, 1.807) is 12.1 Å². The summed E-state index contributed by atoms with van der Waals surface area (Å²) in [4.78, 5) is 24.6. The topological polar surface area (TPSA) is 81.7 Å². The third-order valence-electron chi connectivity index (χ3n) is 3.62. The molecule has 0 unspecified atom stereocenters. The maximum absolute atomic E-state index is 12.2. The molecular weight excluding hydrogens is 318 g/mol. The van der Waals surface area contributed by atoms with Crippen molar-refractivity contribution in [3.05, 3.63) is 30.3 Å². The van der Waals surface area contributed by atoms with Crippen molar-refractivity contribution in [2.24, 2.45) is 0 Å². The average molecular weight is 339 g/mol. The highest BCUT2D eigenvalue weighted by Gasteiger charge is 2.29. The molecule has 1 amide bonds. The first-order valence-corrected chi connectivity index (χ1v) is 8.87. The van der Waals surface area contributed by atoms with Gasteiger partial charge in [0.1, 0.15) is 12.1 Å². The Labute approximate surface area is 138 Å². The maximum atomic E-state index is 12.2. The number of carbonyl (C=O) groups excluding carboxylic acids is 2. The largest absolute Gasteiger partial charge is 0.467 e. The lowest BCUT2D eigenvalue weighted by atomic mass is 10.2. The molecule has 2 rings (SSSR count). The van der Waals surface area contributed by atoms with Crippen molar-refractivity contribution in [3.8, 4) is 0 Å². The van der Waals surface area contributed by atoms with Crippen molar-refractivity contribution in [1.82, 2.24) is 5.32 Å². The molecule has 0 radical (unpaired) electrons. The van der Waals surface area contributed by atoms with Crippen LogP contribution in [0.1, 0.15) is 19.3 Å². The predicted octanol–water partition coefficient (Wildman–Crippen LogP) is 1.02. The van der Waals surface area contributed by atoms with Gasteiger partial charge in [0.15, 0.2) is 0 Å². The monoisotopic (exact) mass is 339 g/mol. The minimum atomic E-state index is -1.23. The third kappa shape index (κ3) is 5.14. The Kier molecular flexibility index (Phi) is 6.73. The van der Waals surface area contributed by atoms with Crippen LogP contribution in [0.2, 0.25) is 0 Å². The minimum absolute atomic E-state index is 0.243. The number of carbonyl (C=O) groups is 2. The Morgan fingerprint density at radius 2 is 2.13 bits per heavy atom. The van der Waals surface area contributed by atoms with Crippen molar-refractivity contribution < 1.29 is 23.3 Å². The summed E-state index contributed by atoms with van der Waals surface area (Å²) in [6.45, 7) is 0.555. The Bertz CT molecular complexity index is 557. The molecule has 0 aliphatic carbocycles. The molecule has 3 atom stereocenters. The SMILES string of the molecule is COC(=O)[C@H](CC[S@@](=O)c1ccccc1)NC(=O)[C@H]1CCCO1. The molecular formula is C16H21NO5S. The first kappa shape index (κ1) is 17.6. The minimum Gasteiger partial charge on any atom is -0.467 e. The summed E-state index contributed by atoms with van der Waals surface area (Å²) in [5.41, 5.74) is 0. The zero-order valence-corrected chi connectivity index (χ0v) is 13.8. The van der Waals surface area contributed by atoms with E-state index in [0.717, 1.165) is 6.42 Å². The molecule has 1 aromatic rings. The second-order valence-electron chi connectivity index (χ2n) is 5.24. The zero-order chi connectivity index (χ0) is 16.7. The molecule has 1 aliphatic rings. The van der Waals surface area contributed by atoms with Crippen LogP contribution in [-0.2, 0) is 29.9 Å². The van der Waals surface area contributed by atoms with Crippen molar-refractivity contribution >= 4 is 22.7 Å². The van der Waals surface area contributed by atoms with Gasteiger partial charge in [-0.15, -0.1) is 0 Å². The number of hydrogen-bond acceptors (Lipinski definition) is 5. The maximum Gasteiger partial charge on any atom is 0.328 e. The van der Waals surface area contributed by atoms with Gasteiger partial charge < -0.3 is 14.8 Å². The van der Waals surface area contributed by atoms with Crippen molar-refractivity contribution in [2.45, 2.75) is 36.3 Å². The fourth-order valence-corrected chi connectivity index (χ4v) is 3.50. The molecule has 0 bridgehead atoms. The molecule has 23 heavy (non-hydrogen) atoms. The Morgan fingerprint density at radius 1 is 1.39 bits per heavy atom. The van der Waals surface area contributed by atoms with Crippen LogP contribution in [-0.4, -0.2) is 47.7 Å². The third-order valence-corrected chi connectivity index (χ3v) is 5.03. The van der Waals surface area contributed by atoms with Gasteiger partial charge in [0.05, 0.1) is 17.9 Å². The number of esters is 1. The van der Waals surface area contributed by atoms with Crippen LogP contribution in [0, 0.1) is 0 Å². The second kappa shape index (κ2) is 8.79. The zero-order valence-electron chi connectivity index (χ0n) is 13.0. The van der Waals surface area contributed by atoms with Gasteiger partial charge in [-0.2, -0.15) is 0 Å². The molecule has 7 heteroatoms. The molecule has 0 spiro atoms. The summed E-state index contributed by atoms with van der Waals surface area (Å²) >= 11 is 0. The van der Waals surface area contributed by atoms with E-state index in [1.165, 1.54) is 7.11 Å². The summed E-state index contributed by atoms with van der Waals surface area (Å²) in [6, 6.07) is 8.20. The van der Waals surface area contributed by atoms with Gasteiger partial charge in [-0.1, -0.05) is 18.2 Å². The summed E-state index contributed by atoms with van der Waals surface area (Å²) in [5, 5.41) is 2.64. The Balaban J connectivity index is 1.91. The number of benzene rings is 1. The van der Waals surface area contributed by atoms with E-state index in [1.807, 2.05) is 18.2 Å². The van der Waals surface area contributed by atoms with Gasteiger partial charge in [-0.3, -0.25) is 9.00 Å². The van der Waals surface area contributed by atoms with Crippen LogP contribution in [0.4, 0.5) is 0 Å². The molecule has 1 saturated heterocycles. The highest BCUT2D eigenvalue weighted by molar-refractivity contribution is 7.85. The smallest absolute Gasteiger partial charge is 0.328 e. The van der Waals surface area contributed by atoms with E-state index in [4.69, 9.17) is 9.47 Å². The fourth-order valence-electron chi connectivity index (χ4n) is 2.36. The van der Waals surface area contributed by atoms with Crippen LogP contribution >= 0.6 is 0 Å². The van der Waals surface area contributed by atoms with E-state index in [9.17, 15) is 13.8 Å². The average Bonchev–Trinajstić information content (AvgIpc) is 3.13. The molecule has 1 N–H and O–H groups in total. The molecule has 0 saturated carbocycles. The molecule has 1 fully saturated rings. The molecule has 1 aromatic carbocycles. The van der Waals surface area contributed by atoms with Gasteiger partial charge in [0.25, 0.3) is 0 Å². The fraction of sp³-hybridized carbons (Fsp3) is 0.500. The Hall–Kier alpha value is -1.73. The first-order valence-electron chi connectivity index (χ1n) is 7.55. The summed E-state index contributed by atoms with van der Waals surface area (Å²) < 4.78 is 22.2. The van der Waals surface area contributed by atoms with Gasteiger partial charge in [-0.25, -0.2) is 4.79 Å². The van der Waals surface area contributed by atoms with Crippen LogP contribution in [0.25, 0.3) is 0 Å². The number of rotatable bonds is 7. The van der Waals surface area contributed by atoms with Crippen molar-refractivity contribution in [2.75, 3.05) is 19.5 Å². The molecule has 6 nitrogen and oxygen atoms in total.